The zero-order chi connectivity index (χ0) is 18.9. The minimum atomic E-state index is -0.408. The summed E-state index contributed by atoms with van der Waals surface area (Å²) in [5.74, 6) is -0.707. The average Bonchev–Trinajstić information content (AvgIpc) is 2.62. The van der Waals surface area contributed by atoms with Gasteiger partial charge in [-0.1, -0.05) is 42.5 Å². The number of benzene rings is 2. The summed E-state index contributed by atoms with van der Waals surface area (Å²) >= 11 is 8.74. The van der Waals surface area contributed by atoms with Crippen molar-refractivity contribution in [1.29, 1.82) is 0 Å². The summed E-state index contributed by atoms with van der Waals surface area (Å²) < 4.78 is 0.688. The van der Waals surface area contributed by atoms with E-state index < -0.39 is 5.91 Å². The largest absolute Gasteiger partial charge is 0.370 e. The van der Waals surface area contributed by atoms with Crippen molar-refractivity contribution in [2.24, 2.45) is 5.73 Å². The van der Waals surface area contributed by atoms with Crippen LogP contribution in [0.15, 0.2) is 59.1 Å². The van der Waals surface area contributed by atoms with Crippen molar-refractivity contribution in [3.05, 3.63) is 70.2 Å². The quantitative estimate of drug-likeness (QED) is 0.658. The number of nitrogens with one attached hydrogen (secondary N) is 1. The van der Waals surface area contributed by atoms with Gasteiger partial charge in [0, 0.05) is 24.0 Å². The van der Waals surface area contributed by atoms with Crippen LogP contribution in [0.4, 0.5) is 0 Å². The summed E-state index contributed by atoms with van der Waals surface area (Å²) in [5, 5.41) is 3.01. The molecular formula is C19H20BrN3O2S. The standard InChI is InChI=1S/C19H20BrN3O2S/c20-16-9-5-4-8-15(16)18(25)22-19(26)23(13-11-17(21)24)12-10-14-6-2-1-3-7-14/h1-9H,10-13H2,(H2,21,24)(H,22,25,26). The molecule has 2 amide bonds. The molecule has 2 aromatic carbocycles. The SMILES string of the molecule is NC(=O)CCN(CCc1ccccc1)C(=S)NC(=O)c1ccccc1Br. The molecule has 0 heterocycles. The molecule has 0 aliphatic heterocycles. The monoisotopic (exact) mass is 433 g/mol. The molecule has 0 fully saturated rings. The fourth-order valence-corrected chi connectivity index (χ4v) is 3.10. The Morgan fingerprint density at radius 2 is 1.69 bits per heavy atom. The third-order valence-electron chi connectivity index (χ3n) is 3.77. The number of nitrogens with two attached hydrogens (primary N) is 1. The van der Waals surface area contributed by atoms with E-state index in [4.69, 9.17) is 18.0 Å². The molecule has 0 spiro atoms. The molecule has 0 radical (unpaired) electrons. The van der Waals surface area contributed by atoms with Gasteiger partial charge in [0.2, 0.25) is 5.91 Å². The Morgan fingerprint density at radius 1 is 1.04 bits per heavy atom. The molecule has 136 valence electrons. The van der Waals surface area contributed by atoms with Gasteiger partial charge in [0.1, 0.15) is 0 Å². The Morgan fingerprint density at radius 3 is 2.35 bits per heavy atom. The Hall–Kier alpha value is -2.25. The smallest absolute Gasteiger partial charge is 0.258 e. The number of rotatable bonds is 7. The number of nitrogens with zero attached hydrogens (tertiary/aromatic N) is 1. The van der Waals surface area contributed by atoms with Gasteiger partial charge < -0.3 is 10.6 Å². The van der Waals surface area contributed by atoms with Crippen molar-refractivity contribution in [2.75, 3.05) is 13.1 Å². The summed E-state index contributed by atoms with van der Waals surface area (Å²) in [6.45, 7) is 0.934. The Balaban J connectivity index is 2.03. The molecule has 0 aliphatic rings. The lowest BCUT2D eigenvalue weighted by molar-refractivity contribution is -0.118. The fourth-order valence-electron chi connectivity index (χ4n) is 2.36. The van der Waals surface area contributed by atoms with Gasteiger partial charge >= 0.3 is 0 Å². The van der Waals surface area contributed by atoms with E-state index in [1.807, 2.05) is 36.4 Å². The van der Waals surface area contributed by atoms with Crippen LogP contribution in [0.2, 0.25) is 0 Å². The van der Waals surface area contributed by atoms with Gasteiger partial charge in [0.25, 0.3) is 5.91 Å². The second-order valence-corrected chi connectivity index (χ2v) is 6.92. The first-order chi connectivity index (χ1) is 12.5. The number of amides is 2. The molecule has 0 saturated carbocycles. The first-order valence-corrected chi connectivity index (χ1v) is 9.34. The maximum absolute atomic E-state index is 12.4. The maximum atomic E-state index is 12.4. The molecule has 2 aromatic rings. The van der Waals surface area contributed by atoms with Gasteiger partial charge in [-0.3, -0.25) is 14.9 Å². The van der Waals surface area contributed by atoms with E-state index in [0.717, 1.165) is 12.0 Å². The normalized spacial score (nSPS) is 10.2. The third-order valence-corrected chi connectivity index (χ3v) is 4.82. The van der Waals surface area contributed by atoms with Gasteiger partial charge in [0.15, 0.2) is 5.11 Å². The highest BCUT2D eigenvalue weighted by Crippen LogP contribution is 2.15. The predicted molar refractivity (Wildman–Crippen MR) is 110 cm³/mol. The van der Waals surface area contributed by atoms with Crippen LogP contribution in [0, 0.1) is 0 Å². The highest BCUT2D eigenvalue weighted by atomic mass is 79.9. The van der Waals surface area contributed by atoms with Gasteiger partial charge in [0.05, 0.1) is 5.56 Å². The highest BCUT2D eigenvalue weighted by molar-refractivity contribution is 9.10. The number of thiocarbonyl (C=S) groups is 1. The van der Waals surface area contributed by atoms with Gasteiger partial charge in [-0.15, -0.1) is 0 Å². The van der Waals surface area contributed by atoms with E-state index in [2.05, 4.69) is 21.2 Å². The molecule has 5 nitrogen and oxygen atoms in total. The van der Waals surface area contributed by atoms with Crippen molar-refractivity contribution in [3.63, 3.8) is 0 Å². The van der Waals surface area contributed by atoms with Crippen LogP contribution < -0.4 is 11.1 Å². The molecule has 3 N–H and O–H groups in total. The predicted octanol–water partition coefficient (Wildman–Crippen LogP) is 2.88. The molecule has 0 saturated heterocycles. The second kappa shape index (κ2) is 10.0. The van der Waals surface area contributed by atoms with E-state index in [9.17, 15) is 9.59 Å². The van der Waals surface area contributed by atoms with Crippen LogP contribution in [0.25, 0.3) is 0 Å². The Labute approximate surface area is 166 Å². The van der Waals surface area contributed by atoms with E-state index in [-0.39, 0.29) is 17.4 Å². The molecule has 0 bridgehead atoms. The zero-order valence-electron chi connectivity index (χ0n) is 14.2. The van der Waals surface area contributed by atoms with Crippen LogP contribution in [0.5, 0.6) is 0 Å². The lowest BCUT2D eigenvalue weighted by Gasteiger charge is -2.25. The Kier molecular flexibility index (Phi) is 7.74. The average molecular weight is 434 g/mol. The van der Waals surface area contributed by atoms with Crippen LogP contribution in [0.1, 0.15) is 22.3 Å². The van der Waals surface area contributed by atoms with Gasteiger partial charge in [-0.05, 0) is 52.3 Å². The van der Waals surface area contributed by atoms with Gasteiger partial charge in [-0.25, -0.2) is 0 Å². The lowest BCUT2D eigenvalue weighted by atomic mass is 10.1. The number of hydrogen-bond acceptors (Lipinski definition) is 3. The molecular weight excluding hydrogens is 414 g/mol. The zero-order valence-corrected chi connectivity index (χ0v) is 16.6. The maximum Gasteiger partial charge on any atom is 0.258 e. The molecule has 0 aromatic heterocycles. The summed E-state index contributed by atoms with van der Waals surface area (Å²) in [4.78, 5) is 25.4. The first kappa shape index (κ1) is 20.1. The van der Waals surface area contributed by atoms with E-state index in [1.165, 1.54) is 0 Å². The van der Waals surface area contributed by atoms with Crippen LogP contribution >= 0.6 is 28.1 Å². The first-order valence-electron chi connectivity index (χ1n) is 8.14. The van der Waals surface area contributed by atoms with Crippen LogP contribution in [-0.4, -0.2) is 34.9 Å². The van der Waals surface area contributed by atoms with E-state index in [0.29, 0.717) is 23.1 Å². The number of carbonyl (C=O) groups is 2. The lowest BCUT2D eigenvalue weighted by Crippen LogP contribution is -2.44. The number of halogens is 1. The van der Waals surface area contributed by atoms with Gasteiger partial charge in [-0.2, -0.15) is 0 Å². The molecule has 0 aliphatic carbocycles. The molecule has 0 unspecified atom stereocenters. The van der Waals surface area contributed by atoms with Crippen molar-refractivity contribution in [3.8, 4) is 0 Å². The van der Waals surface area contributed by atoms with Crippen molar-refractivity contribution in [1.82, 2.24) is 10.2 Å². The number of carbonyl (C=O) groups excluding carboxylic acids is 2. The summed E-state index contributed by atoms with van der Waals surface area (Å²) in [7, 11) is 0. The minimum absolute atomic E-state index is 0.166. The number of hydrogen-bond donors (Lipinski definition) is 2. The topological polar surface area (TPSA) is 75.4 Å². The van der Waals surface area contributed by atoms with E-state index in [1.54, 1.807) is 23.1 Å². The molecule has 26 heavy (non-hydrogen) atoms. The second-order valence-electron chi connectivity index (χ2n) is 5.68. The third kappa shape index (κ3) is 6.24. The molecule has 0 atom stereocenters. The molecule has 2 rings (SSSR count). The van der Waals surface area contributed by atoms with Crippen LogP contribution in [0.3, 0.4) is 0 Å². The van der Waals surface area contributed by atoms with Crippen LogP contribution in [-0.2, 0) is 11.2 Å². The van der Waals surface area contributed by atoms with Crippen molar-refractivity contribution >= 4 is 45.1 Å². The fraction of sp³-hybridized carbons (Fsp3) is 0.211. The van der Waals surface area contributed by atoms with Crippen molar-refractivity contribution < 1.29 is 9.59 Å². The van der Waals surface area contributed by atoms with E-state index >= 15 is 0 Å². The minimum Gasteiger partial charge on any atom is -0.370 e. The molecule has 7 heteroatoms. The highest BCUT2D eigenvalue weighted by Gasteiger charge is 2.16. The number of primary amides is 1. The summed E-state index contributed by atoms with van der Waals surface area (Å²) in [6.07, 6.45) is 0.907. The summed E-state index contributed by atoms with van der Waals surface area (Å²) in [5.41, 5.74) is 6.90. The van der Waals surface area contributed by atoms with Crippen molar-refractivity contribution in [2.45, 2.75) is 12.8 Å². The Bertz CT molecular complexity index is 783. The summed E-state index contributed by atoms with van der Waals surface area (Å²) in [6, 6.07) is 17.0.